The van der Waals surface area contributed by atoms with Crippen LogP contribution in [0.25, 0.3) is 0 Å². The number of carbonyl (C=O) groups excluding carboxylic acids is 1. The van der Waals surface area contributed by atoms with Crippen molar-refractivity contribution in [2.45, 2.75) is 13.0 Å². The van der Waals surface area contributed by atoms with E-state index in [0.29, 0.717) is 17.9 Å². The summed E-state index contributed by atoms with van der Waals surface area (Å²) in [5.41, 5.74) is 5.68. The average Bonchev–Trinajstić information content (AvgIpc) is 2.75. The van der Waals surface area contributed by atoms with Gasteiger partial charge in [-0.25, -0.2) is 5.43 Å². The smallest absolute Gasteiger partial charge is 0.244 e. The molecule has 144 valence electrons. The number of ether oxygens (including phenoxy) is 1. The zero-order valence-corrected chi connectivity index (χ0v) is 17.1. The highest BCUT2D eigenvalue weighted by Gasteiger charge is 2.04. The zero-order chi connectivity index (χ0) is 20.5. The van der Waals surface area contributed by atoms with Crippen molar-refractivity contribution in [2.24, 2.45) is 5.10 Å². The van der Waals surface area contributed by atoms with Crippen LogP contribution in [0.5, 0.6) is 5.75 Å². The summed E-state index contributed by atoms with van der Waals surface area (Å²) in [5.74, 6) is 0.441. The SMILES string of the molecule is N#Cc1cccc(COc2ccccc2/C=N/NC(=O)Cc2ccc(Br)cc2)c1. The van der Waals surface area contributed by atoms with Gasteiger partial charge in [-0.2, -0.15) is 10.4 Å². The Morgan fingerprint density at radius 1 is 1.07 bits per heavy atom. The van der Waals surface area contributed by atoms with E-state index in [2.05, 4.69) is 32.5 Å². The first-order chi connectivity index (χ1) is 14.1. The number of nitrogens with one attached hydrogen (secondary N) is 1. The van der Waals surface area contributed by atoms with Crippen LogP contribution in [0, 0.1) is 11.3 Å². The summed E-state index contributed by atoms with van der Waals surface area (Å²) < 4.78 is 6.84. The minimum absolute atomic E-state index is 0.199. The lowest BCUT2D eigenvalue weighted by Crippen LogP contribution is -2.19. The van der Waals surface area contributed by atoms with Crippen LogP contribution in [-0.4, -0.2) is 12.1 Å². The second kappa shape index (κ2) is 10.2. The molecule has 0 aromatic heterocycles. The molecule has 3 rings (SSSR count). The molecule has 0 spiro atoms. The molecule has 0 saturated heterocycles. The largest absolute Gasteiger partial charge is 0.488 e. The van der Waals surface area contributed by atoms with Gasteiger partial charge in [-0.05, 0) is 47.5 Å². The van der Waals surface area contributed by atoms with Gasteiger partial charge in [0.1, 0.15) is 12.4 Å². The monoisotopic (exact) mass is 447 g/mol. The molecule has 0 unspecified atom stereocenters. The van der Waals surface area contributed by atoms with Crippen LogP contribution in [0.2, 0.25) is 0 Å². The minimum Gasteiger partial charge on any atom is -0.488 e. The summed E-state index contributed by atoms with van der Waals surface area (Å²) in [6.45, 7) is 0.330. The molecule has 3 aromatic carbocycles. The first-order valence-corrected chi connectivity index (χ1v) is 9.70. The predicted octanol–water partition coefficient (Wildman–Crippen LogP) is 4.59. The van der Waals surface area contributed by atoms with Crippen LogP contribution in [0.15, 0.2) is 82.4 Å². The van der Waals surface area contributed by atoms with Crippen molar-refractivity contribution in [3.63, 3.8) is 0 Å². The number of rotatable bonds is 7. The Kier molecular flexibility index (Phi) is 7.15. The highest BCUT2D eigenvalue weighted by Crippen LogP contribution is 2.18. The van der Waals surface area contributed by atoms with E-state index >= 15 is 0 Å². The quantitative estimate of drug-likeness (QED) is 0.424. The first-order valence-electron chi connectivity index (χ1n) is 8.91. The van der Waals surface area contributed by atoms with Crippen molar-refractivity contribution in [1.82, 2.24) is 5.43 Å². The fraction of sp³-hybridized carbons (Fsp3) is 0.0870. The zero-order valence-electron chi connectivity index (χ0n) is 15.5. The van der Waals surface area contributed by atoms with Crippen LogP contribution < -0.4 is 10.2 Å². The van der Waals surface area contributed by atoms with Crippen molar-refractivity contribution in [1.29, 1.82) is 5.26 Å². The molecule has 1 amide bonds. The summed E-state index contributed by atoms with van der Waals surface area (Å²) in [5, 5.41) is 13.0. The van der Waals surface area contributed by atoms with Crippen LogP contribution in [0.3, 0.4) is 0 Å². The second-order valence-electron chi connectivity index (χ2n) is 6.24. The first kappa shape index (κ1) is 20.3. The molecule has 0 fully saturated rings. The van der Waals surface area contributed by atoms with Crippen molar-refractivity contribution in [3.05, 3.63) is 99.5 Å². The summed E-state index contributed by atoms with van der Waals surface area (Å²) >= 11 is 3.37. The maximum Gasteiger partial charge on any atom is 0.244 e. The standard InChI is InChI=1S/C23H18BrN3O2/c24-21-10-8-17(9-11-21)13-23(28)27-26-15-20-6-1-2-7-22(20)29-16-19-5-3-4-18(12-19)14-25/h1-12,15H,13,16H2,(H,27,28)/b26-15+. The Labute approximate surface area is 177 Å². The topological polar surface area (TPSA) is 74.5 Å². The summed E-state index contributed by atoms with van der Waals surface area (Å²) in [6, 6.07) is 24.4. The van der Waals surface area contributed by atoms with Crippen molar-refractivity contribution in [3.8, 4) is 11.8 Å². The van der Waals surface area contributed by atoms with Gasteiger partial charge in [0.25, 0.3) is 0 Å². The van der Waals surface area contributed by atoms with Gasteiger partial charge in [-0.15, -0.1) is 0 Å². The van der Waals surface area contributed by atoms with Crippen molar-refractivity contribution >= 4 is 28.1 Å². The maximum absolute atomic E-state index is 12.0. The van der Waals surface area contributed by atoms with Gasteiger partial charge in [-0.3, -0.25) is 4.79 Å². The lowest BCUT2D eigenvalue weighted by molar-refractivity contribution is -0.120. The van der Waals surface area contributed by atoms with Gasteiger partial charge in [0.15, 0.2) is 0 Å². The minimum atomic E-state index is -0.199. The fourth-order valence-electron chi connectivity index (χ4n) is 2.61. The normalized spacial score (nSPS) is 10.5. The van der Waals surface area contributed by atoms with E-state index in [-0.39, 0.29) is 12.3 Å². The van der Waals surface area contributed by atoms with E-state index in [1.165, 1.54) is 0 Å². The predicted molar refractivity (Wildman–Crippen MR) is 116 cm³/mol. The number of carbonyl (C=O) groups is 1. The Morgan fingerprint density at radius 2 is 1.86 bits per heavy atom. The molecule has 6 heteroatoms. The van der Waals surface area contributed by atoms with Crippen LogP contribution >= 0.6 is 15.9 Å². The Morgan fingerprint density at radius 3 is 2.66 bits per heavy atom. The highest BCUT2D eigenvalue weighted by molar-refractivity contribution is 9.10. The molecule has 0 aliphatic heterocycles. The van der Waals surface area contributed by atoms with E-state index < -0.39 is 0 Å². The molecule has 0 aliphatic carbocycles. The molecule has 0 bridgehead atoms. The lowest BCUT2D eigenvalue weighted by Gasteiger charge is -2.09. The number of hydrogen-bond donors (Lipinski definition) is 1. The fourth-order valence-corrected chi connectivity index (χ4v) is 2.88. The number of amides is 1. The number of hydrogen-bond acceptors (Lipinski definition) is 4. The van der Waals surface area contributed by atoms with Gasteiger partial charge >= 0.3 is 0 Å². The Bertz CT molecular complexity index is 1060. The number of nitriles is 1. The van der Waals surface area contributed by atoms with Gasteiger partial charge < -0.3 is 4.74 Å². The summed E-state index contributed by atoms with van der Waals surface area (Å²) in [4.78, 5) is 12.0. The molecule has 0 saturated carbocycles. The van der Waals surface area contributed by atoms with E-state index in [4.69, 9.17) is 10.00 Å². The lowest BCUT2D eigenvalue weighted by atomic mass is 10.1. The average molecular weight is 448 g/mol. The van der Waals surface area contributed by atoms with Gasteiger partial charge in [-0.1, -0.05) is 52.3 Å². The number of hydrazone groups is 1. The van der Waals surface area contributed by atoms with Crippen LogP contribution in [0.1, 0.15) is 22.3 Å². The van der Waals surface area contributed by atoms with E-state index in [1.807, 2.05) is 60.7 Å². The molecule has 0 aliphatic rings. The van der Waals surface area contributed by atoms with Gasteiger partial charge in [0.05, 0.1) is 24.3 Å². The number of nitrogens with zero attached hydrogens (tertiary/aromatic N) is 2. The van der Waals surface area contributed by atoms with Crippen molar-refractivity contribution in [2.75, 3.05) is 0 Å². The van der Waals surface area contributed by atoms with E-state index in [0.717, 1.165) is 21.2 Å². The molecule has 1 N–H and O–H groups in total. The van der Waals surface area contributed by atoms with Gasteiger partial charge in [0.2, 0.25) is 5.91 Å². The summed E-state index contributed by atoms with van der Waals surface area (Å²) in [7, 11) is 0. The molecule has 3 aromatic rings. The van der Waals surface area contributed by atoms with E-state index in [9.17, 15) is 4.79 Å². The highest BCUT2D eigenvalue weighted by atomic mass is 79.9. The molecule has 0 radical (unpaired) electrons. The third kappa shape index (κ3) is 6.30. The van der Waals surface area contributed by atoms with Gasteiger partial charge in [0, 0.05) is 10.0 Å². The summed E-state index contributed by atoms with van der Waals surface area (Å²) in [6.07, 6.45) is 1.80. The molecule has 5 nitrogen and oxygen atoms in total. The Balaban J connectivity index is 1.58. The molecular weight excluding hydrogens is 430 g/mol. The maximum atomic E-state index is 12.0. The van der Waals surface area contributed by atoms with E-state index in [1.54, 1.807) is 18.3 Å². The third-order valence-corrected chi connectivity index (χ3v) is 4.57. The third-order valence-electron chi connectivity index (χ3n) is 4.04. The van der Waals surface area contributed by atoms with Crippen LogP contribution in [0.4, 0.5) is 0 Å². The Hall–Kier alpha value is -3.43. The molecule has 29 heavy (non-hydrogen) atoms. The number of para-hydroxylation sites is 1. The molecule has 0 atom stereocenters. The molecule has 0 heterocycles. The number of halogens is 1. The second-order valence-corrected chi connectivity index (χ2v) is 7.15. The molecular formula is C23H18BrN3O2. The number of benzene rings is 3. The van der Waals surface area contributed by atoms with Crippen LogP contribution in [-0.2, 0) is 17.8 Å². The van der Waals surface area contributed by atoms with Crippen molar-refractivity contribution < 1.29 is 9.53 Å².